The molecule has 0 aliphatic heterocycles. The zero-order chi connectivity index (χ0) is 19.4. The molecule has 7 heteroatoms. The molecule has 0 radical (unpaired) electrons. The van der Waals surface area contributed by atoms with E-state index in [0.29, 0.717) is 22.8 Å². The topological polar surface area (TPSA) is 79.1 Å². The van der Waals surface area contributed by atoms with Crippen molar-refractivity contribution in [3.63, 3.8) is 0 Å². The van der Waals surface area contributed by atoms with Gasteiger partial charge in [0.05, 0.1) is 12.8 Å². The number of carbonyl (C=O) groups excluding carboxylic acids is 1. The quantitative estimate of drug-likeness (QED) is 0.622. The number of esters is 1. The van der Waals surface area contributed by atoms with Gasteiger partial charge in [0.25, 0.3) is 5.56 Å². The highest BCUT2D eigenvalue weighted by Gasteiger charge is 2.17. The first kappa shape index (κ1) is 18.4. The van der Waals surface area contributed by atoms with E-state index in [-0.39, 0.29) is 12.2 Å². The number of hydrogen-bond acceptors (Lipinski definition) is 6. The Hall–Kier alpha value is -3.35. The predicted octanol–water partition coefficient (Wildman–Crippen LogP) is 2.52. The molecule has 2 aromatic heterocycles. The Labute approximate surface area is 156 Å². The van der Waals surface area contributed by atoms with Gasteiger partial charge in [-0.25, -0.2) is 9.78 Å². The fourth-order valence-corrected chi connectivity index (χ4v) is 2.50. The number of methoxy groups -OCH3 is 1. The molecule has 7 nitrogen and oxygen atoms in total. The van der Waals surface area contributed by atoms with Crippen LogP contribution in [-0.2, 0) is 16.1 Å². The second-order valence-electron chi connectivity index (χ2n) is 6.06. The van der Waals surface area contributed by atoms with Gasteiger partial charge in [-0.05, 0) is 49.7 Å². The van der Waals surface area contributed by atoms with E-state index in [1.807, 2.05) is 13.0 Å². The molecule has 0 bridgehead atoms. The van der Waals surface area contributed by atoms with Crippen molar-refractivity contribution in [2.24, 2.45) is 0 Å². The number of nitrogens with zero attached hydrogens (tertiary/aromatic N) is 2. The Morgan fingerprint density at radius 2 is 1.85 bits per heavy atom. The molecule has 0 amide bonds. The standard InChI is InChI=1S/C20H20N2O5/c1-13-4-9-18-21-15(10-19(23)22(18)11-13)12-26-20(24)14(2)27-17-7-5-16(25-3)6-8-17/h4-11,14H,12H2,1-3H3. The van der Waals surface area contributed by atoms with Crippen LogP contribution in [0.5, 0.6) is 11.5 Å². The van der Waals surface area contributed by atoms with Crippen LogP contribution in [0.3, 0.4) is 0 Å². The molecule has 3 rings (SSSR count). The molecule has 1 atom stereocenters. The SMILES string of the molecule is COc1ccc(OC(C)C(=O)OCc2cc(=O)n3cc(C)ccc3n2)cc1. The van der Waals surface area contributed by atoms with Crippen LogP contribution in [0, 0.1) is 6.92 Å². The van der Waals surface area contributed by atoms with Crippen molar-refractivity contribution in [1.82, 2.24) is 9.38 Å². The normalized spacial score (nSPS) is 11.8. The second kappa shape index (κ2) is 7.90. The molecule has 0 saturated heterocycles. The Morgan fingerprint density at radius 3 is 2.56 bits per heavy atom. The highest BCUT2D eigenvalue weighted by molar-refractivity contribution is 5.74. The smallest absolute Gasteiger partial charge is 0.347 e. The average Bonchev–Trinajstić information content (AvgIpc) is 2.67. The summed E-state index contributed by atoms with van der Waals surface area (Å²) >= 11 is 0. The number of aromatic nitrogens is 2. The molecule has 140 valence electrons. The second-order valence-corrected chi connectivity index (χ2v) is 6.06. The van der Waals surface area contributed by atoms with Crippen LogP contribution >= 0.6 is 0 Å². The predicted molar refractivity (Wildman–Crippen MR) is 99.1 cm³/mol. The first-order chi connectivity index (χ1) is 13.0. The Bertz CT molecular complexity index is 1010. The molecule has 3 aromatic rings. The van der Waals surface area contributed by atoms with Crippen molar-refractivity contribution in [1.29, 1.82) is 0 Å². The van der Waals surface area contributed by atoms with Gasteiger partial charge >= 0.3 is 5.97 Å². The van der Waals surface area contributed by atoms with E-state index >= 15 is 0 Å². The molecular formula is C20H20N2O5. The summed E-state index contributed by atoms with van der Waals surface area (Å²) in [5.41, 5.74) is 1.61. The van der Waals surface area contributed by atoms with Crippen LogP contribution in [0.25, 0.3) is 5.65 Å². The summed E-state index contributed by atoms with van der Waals surface area (Å²) < 4.78 is 17.3. The van der Waals surface area contributed by atoms with Gasteiger partial charge in [-0.15, -0.1) is 0 Å². The maximum absolute atomic E-state index is 12.2. The summed E-state index contributed by atoms with van der Waals surface area (Å²) in [5, 5.41) is 0. The van der Waals surface area contributed by atoms with E-state index in [9.17, 15) is 9.59 Å². The highest BCUT2D eigenvalue weighted by atomic mass is 16.6. The molecule has 0 aliphatic rings. The largest absolute Gasteiger partial charge is 0.497 e. The third kappa shape index (κ3) is 4.44. The van der Waals surface area contributed by atoms with Gasteiger partial charge < -0.3 is 14.2 Å². The van der Waals surface area contributed by atoms with E-state index in [1.54, 1.807) is 50.6 Å². The Morgan fingerprint density at radius 1 is 1.15 bits per heavy atom. The van der Waals surface area contributed by atoms with Gasteiger partial charge in [0.2, 0.25) is 0 Å². The molecule has 0 spiro atoms. The minimum absolute atomic E-state index is 0.102. The van der Waals surface area contributed by atoms with Crippen molar-refractivity contribution in [3.05, 3.63) is 70.3 Å². The minimum Gasteiger partial charge on any atom is -0.497 e. The number of rotatable bonds is 6. The molecule has 0 N–H and O–H groups in total. The van der Waals surface area contributed by atoms with Crippen LogP contribution in [0.15, 0.2) is 53.5 Å². The fourth-order valence-electron chi connectivity index (χ4n) is 2.50. The lowest BCUT2D eigenvalue weighted by atomic mass is 10.3. The van der Waals surface area contributed by atoms with Crippen molar-refractivity contribution in [3.8, 4) is 11.5 Å². The molecule has 1 unspecified atom stereocenters. The number of carbonyl (C=O) groups is 1. The summed E-state index contributed by atoms with van der Waals surface area (Å²) in [6, 6.07) is 11.9. The number of fused-ring (bicyclic) bond motifs is 1. The Kier molecular flexibility index (Phi) is 5.40. The molecule has 0 saturated carbocycles. The van der Waals surface area contributed by atoms with Crippen LogP contribution in [0.2, 0.25) is 0 Å². The number of benzene rings is 1. The lowest BCUT2D eigenvalue weighted by Gasteiger charge is -2.14. The zero-order valence-corrected chi connectivity index (χ0v) is 15.3. The van der Waals surface area contributed by atoms with E-state index in [1.165, 1.54) is 10.5 Å². The molecule has 2 heterocycles. The first-order valence-electron chi connectivity index (χ1n) is 8.42. The number of ether oxygens (including phenoxy) is 3. The van der Waals surface area contributed by atoms with Gasteiger partial charge in [0.15, 0.2) is 6.10 Å². The maximum Gasteiger partial charge on any atom is 0.347 e. The average molecular weight is 368 g/mol. The minimum atomic E-state index is -0.803. The van der Waals surface area contributed by atoms with Gasteiger partial charge in [0, 0.05) is 12.3 Å². The number of aryl methyl sites for hydroxylation is 1. The molecule has 0 aliphatic carbocycles. The van der Waals surface area contributed by atoms with E-state index in [2.05, 4.69) is 4.98 Å². The molecule has 0 fully saturated rings. The van der Waals surface area contributed by atoms with E-state index in [0.717, 1.165) is 5.56 Å². The van der Waals surface area contributed by atoms with Crippen molar-refractivity contribution in [2.45, 2.75) is 26.6 Å². The van der Waals surface area contributed by atoms with Gasteiger partial charge in [-0.3, -0.25) is 9.20 Å². The van der Waals surface area contributed by atoms with Crippen LogP contribution in [0.1, 0.15) is 18.2 Å². The summed E-state index contributed by atoms with van der Waals surface area (Å²) in [6.45, 7) is 3.39. The van der Waals surface area contributed by atoms with Crippen molar-refractivity contribution in [2.75, 3.05) is 7.11 Å². The van der Waals surface area contributed by atoms with Crippen LogP contribution in [-0.4, -0.2) is 28.6 Å². The highest BCUT2D eigenvalue weighted by Crippen LogP contribution is 2.18. The van der Waals surface area contributed by atoms with Gasteiger partial charge in [-0.1, -0.05) is 6.07 Å². The third-order valence-corrected chi connectivity index (χ3v) is 3.93. The molecule has 27 heavy (non-hydrogen) atoms. The summed E-state index contributed by atoms with van der Waals surface area (Å²) in [7, 11) is 1.57. The zero-order valence-electron chi connectivity index (χ0n) is 15.3. The lowest BCUT2D eigenvalue weighted by Crippen LogP contribution is -2.26. The third-order valence-electron chi connectivity index (χ3n) is 3.93. The van der Waals surface area contributed by atoms with Crippen molar-refractivity contribution >= 4 is 11.6 Å². The van der Waals surface area contributed by atoms with E-state index < -0.39 is 12.1 Å². The fraction of sp³-hybridized carbons (Fsp3) is 0.250. The summed E-state index contributed by atoms with van der Waals surface area (Å²) in [6.07, 6.45) is 0.910. The van der Waals surface area contributed by atoms with Crippen molar-refractivity contribution < 1.29 is 19.0 Å². The van der Waals surface area contributed by atoms with E-state index in [4.69, 9.17) is 14.2 Å². The lowest BCUT2D eigenvalue weighted by molar-refractivity contribution is -0.152. The molecule has 1 aromatic carbocycles. The van der Waals surface area contributed by atoms with Gasteiger partial charge in [0.1, 0.15) is 23.8 Å². The Balaban J connectivity index is 1.63. The first-order valence-corrected chi connectivity index (χ1v) is 8.42. The number of pyridine rings is 1. The summed E-state index contributed by atoms with van der Waals surface area (Å²) in [4.78, 5) is 28.7. The number of hydrogen-bond donors (Lipinski definition) is 0. The maximum atomic E-state index is 12.2. The van der Waals surface area contributed by atoms with Gasteiger partial charge in [-0.2, -0.15) is 0 Å². The molecular weight excluding hydrogens is 348 g/mol. The summed E-state index contributed by atoms with van der Waals surface area (Å²) in [5.74, 6) is 0.677. The van der Waals surface area contributed by atoms with Crippen LogP contribution < -0.4 is 15.0 Å². The van der Waals surface area contributed by atoms with Crippen LogP contribution in [0.4, 0.5) is 0 Å². The monoisotopic (exact) mass is 368 g/mol.